The molecule has 1 unspecified atom stereocenters. The van der Waals surface area contributed by atoms with Crippen LogP contribution in [0.1, 0.15) is 26.3 Å². The third-order valence-electron chi connectivity index (χ3n) is 2.27. The third-order valence-corrected chi connectivity index (χ3v) is 2.99. The monoisotopic (exact) mass is 291 g/mol. The highest BCUT2D eigenvalue weighted by Gasteiger charge is 2.12. The Bertz CT molecular complexity index is 330. The van der Waals surface area contributed by atoms with Crippen LogP contribution in [0.4, 0.5) is 0 Å². The van der Waals surface area contributed by atoms with E-state index in [1.54, 1.807) is 6.20 Å². The first-order chi connectivity index (χ1) is 7.04. The van der Waals surface area contributed by atoms with E-state index in [2.05, 4.69) is 34.8 Å². The molecule has 2 nitrogen and oxygen atoms in total. The molecule has 0 aromatic carbocycles. The summed E-state index contributed by atoms with van der Waals surface area (Å²) in [5.41, 5.74) is 0.915. The van der Waals surface area contributed by atoms with Crippen molar-refractivity contribution in [2.75, 3.05) is 0 Å². The molecule has 1 heterocycles. The fraction of sp³-hybridized carbons (Fsp3) is 0.545. The van der Waals surface area contributed by atoms with Crippen molar-refractivity contribution in [1.82, 2.24) is 4.98 Å². The summed E-state index contributed by atoms with van der Waals surface area (Å²) in [4.78, 5) is 4.22. The average Bonchev–Trinajstić information content (AvgIpc) is 2.20. The molecule has 0 radical (unpaired) electrons. The largest absolute Gasteiger partial charge is 0.474 e. The normalized spacial score (nSPS) is 12.9. The van der Waals surface area contributed by atoms with Crippen molar-refractivity contribution < 1.29 is 4.74 Å². The molecular formula is C11H15BrClNO. The van der Waals surface area contributed by atoms with Crippen molar-refractivity contribution in [2.45, 2.75) is 32.8 Å². The zero-order valence-electron chi connectivity index (χ0n) is 9.13. The van der Waals surface area contributed by atoms with Gasteiger partial charge >= 0.3 is 0 Å². The maximum absolute atomic E-state index is 5.83. The van der Waals surface area contributed by atoms with E-state index in [1.165, 1.54) is 0 Å². The fourth-order valence-electron chi connectivity index (χ4n) is 0.983. The first kappa shape index (κ1) is 12.8. The molecule has 1 atom stereocenters. The first-order valence-electron chi connectivity index (χ1n) is 4.91. The van der Waals surface area contributed by atoms with Crippen LogP contribution in [-0.2, 0) is 5.88 Å². The van der Waals surface area contributed by atoms with Crippen LogP contribution >= 0.6 is 27.5 Å². The van der Waals surface area contributed by atoms with Crippen LogP contribution in [0.2, 0.25) is 0 Å². The van der Waals surface area contributed by atoms with E-state index in [0.717, 1.165) is 10.0 Å². The van der Waals surface area contributed by atoms with Gasteiger partial charge in [0.1, 0.15) is 0 Å². The second-order valence-electron chi connectivity index (χ2n) is 3.82. The number of hydrogen-bond donors (Lipinski definition) is 0. The van der Waals surface area contributed by atoms with Crippen LogP contribution in [-0.4, -0.2) is 11.1 Å². The Kier molecular flexibility index (Phi) is 4.87. The Morgan fingerprint density at radius 2 is 2.13 bits per heavy atom. The predicted octanol–water partition coefficient (Wildman–Crippen LogP) is 4.01. The Hall–Kier alpha value is -0.280. The Morgan fingerprint density at radius 1 is 1.47 bits per heavy atom. The maximum atomic E-state index is 5.83. The molecule has 0 saturated heterocycles. The van der Waals surface area contributed by atoms with Gasteiger partial charge in [-0.3, -0.25) is 0 Å². The molecule has 0 aliphatic carbocycles. The second-order valence-corrected chi connectivity index (χ2v) is 5.00. The van der Waals surface area contributed by atoms with Crippen molar-refractivity contribution in [2.24, 2.45) is 5.92 Å². The van der Waals surface area contributed by atoms with Crippen molar-refractivity contribution >= 4 is 27.5 Å². The summed E-state index contributed by atoms with van der Waals surface area (Å²) in [5.74, 6) is 1.50. The van der Waals surface area contributed by atoms with Gasteiger partial charge in [0.15, 0.2) is 0 Å². The Morgan fingerprint density at radius 3 is 2.67 bits per heavy atom. The van der Waals surface area contributed by atoms with Crippen molar-refractivity contribution in [3.05, 3.63) is 22.3 Å². The van der Waals surface area contributed by atoms with Gasteiger partial charge in [-0.1, -0.05) is 13.8 Å². The lowest BCUT2D eigenvalue weighted by molar-refractivity contribution is 0.162. The van der Waals surface area contributed by atoms with Crippen LogP contribution in [0.25, 0.3) is 0 Å². The molecule has 84 valence electrons. The minimum Gasteiger partial charge on any atom is -0.474 e. The lowest BCUT2D eigenvalue weighted by Crippen LogP contribution is -2.19. The van der Waals surface area contributed by atoms with Crippen LogP contribution in [0.3, 0.4) is 0 Å². The van der Waals surface area contributed by atoms with E-state index in [-0.39, 0.29) is 6.10 Å². The second kappa shape index (κ2) is 5.71. The van der Waals surface area contributed by atoms with Crippen LogP contribution in [0.5, 0.6) is 5.88 Å². The zero-order valence-corrected chi connectivity index (χ0v) is 11.5. The van der Waals surface area contributed by atoms with Gasteiger partial charge in [-0.15, -0.1) is 11.6 Å². The maximum Gasteiger partial charge on any atom is 0.218 e. The van der Waals surface area contributed by atoms with Gasteiger partial charge in [-0.05, 0) is 34.8 Å². The summed E-state index contributed by atoms with van der Waals surface area (Å²) in [6.07, 6.45) is 1.86. The molecule has 1 aromatic rings. The number of aromatic nitrogens is 1. The number of nitrogens with zero attached hydrogens (tertiary/aromatic N) is 1. The van der Waals surface area contributed by atoms with Gasteiger partial charge in [0.25, 0.3) is 0 Å². The summed E-state index contributed by atoms with van der Waals surface area (Å²) < 4.78 is 6.66. The summed E-state index contributed by atoms with van der Waals surface area (Å²) in [7, 11) is 0. The van der Waals surface area contributed by atoms with E-state index in [4.69, 9.17) is 16.3 Å². The zero-order chi connectivity index (χ0) is 11.4. The Balaban J connectivity index is 2.84. The summed E-state index contributed by atoms with van der Waals surface area (Å²) in [6.45, 7) is 6.26. The van der Waals surface area contributed by atoms with Crippen LogP contribution in [0, 0.1) is 5.92 Å². The third kappa shape index (κ3) is 3.65. The molecule has 0 spiro atoms. The average molecular weight is 293 g/mol. The van der Waals surface area contributed by atoms with E-state index in [1.807, 2.05) is 13.0 Å². The highest BCUT2D eigenvalue weighted by molar-refractivity contribution is 9.10. The molecule has 0 aliphatic rings. The van der Waals surface area contributed by atoms with Gasteiger partial charge < -0.3 is 4.74 Å². The predicted molar refractivity (Wildman–Crippen MR) is 66.4 cm³/mol. The van der Waals surface area contributed by atoms with Crippen LogP contribution in [0.15, 0.2) is 16.7 Å². The molecule has 15 heavy (non-hydrogen) atoms. The highest BCUT2D eigenvalue weighted by Crippen LogP contribution is 2.23. The number of ether oxygens (including phenoxy) is 1. The molecule has 0 amide bonds. The van der Waals surface area contributed by atoms with Crippen molar-refractivity contribution in [3.63, 3.8) is 0 Å². The molecule has 0 bridgehead atoms. The minimum atomic E-state index is 0.139. The number of hydrogen-bond acceptors (Lipinski definition) is 2. The van der Waals surface area contributed by atoms with Crippen LogP contribution < -0.4 is 4.74 Å². The molecule has 0 saturated carbocycles. The quantitative estimate of drug-likeness (QED) is 0.782. The molecule has 0 N–H and O–H groups in total. The SMILES string of the molecule is CC(C)C(C)Oc1ncc(Br)cc1CCl. The van der Waals surface area contributed by atoms with E-state index >= 15 is 0 Å². The number of alkyl halides is 1. The molecule has 1 rings (SSSR count). The van der Waals surface area contributed by atoms with Gasteiger partial charge in [0.05, 0.1) is 12.0 Å². The number of pyridine rings is 1. The van der Waals surface area contributed by atoms with Crippen molar-refractivity contribution in [1.29, 1.82) is 0 Å². The highest BCUT2D eigenvalue weighted by atomic mass is 79.9. The first-order valence-corrected chi connectivity index (χ1v) is 6.24. The van der Waals surface area contributed by atoms with E-state index < -0.39 is 0 Å². The fourth-order valence-corrected chi connectivity index (χ4v) is 1.55. The topological polar surface area (TPSA) is 22.1 Å². The lowest BCUT2D eigenvalue weighted by atomic mass is 10.1. The molecular weight excluding hydrogens is 277 g/mol. The summed E-state index contributed by atoms with van der Waals surface area (Å²) >= 11 is 9.18. The molecule has 0 aliphatic heterocycles. The standard InChI is InChI=1S/C11H15BrClNO/c1-7(2)8(3)15-11-9(5-13)4-10(12)6-14-11/h4,6-8H,5H2,1-3H3. The number of halogens is 2. The van der Waals surface area contributed by atoms with Gasteiger partial charge in [-0.2, -0.15) is 0 Å². The van der Waals surface area contributed by atoms with Gasteiger partial charge in [-0.25, -0.2) is 4.98 Å². The number of rotatable bonds is 4. The molecule has 1 aromatic heterocycles. The van der Waals surface area contributed by atoms with E-state index in [9.17, 15) is 0 Å². The summed E-state index contributed by atoms with van der Waals surface area (Å²) in [5, 5.41) is 0. The lowest BCUT2D eigenvalue weighted by Gasteiger charge is -2.18. The van der Waals surface area contributed by atoms with E-state index in [0.29, 0.717) is 17.7 Å². The Labute approximate surface area is 104 Å². The molecule has 4 heteroatoms. The van der Waals surface area contributed by atoms with Crippen molar-refractivity contribution in [3.8, 4) is 5.88 Å². The molecule has 0 fully saturated rings. The smallest absolute Gasteiger partial charge is 0.218 e. The summed E-state index contributed by atoms with van der Waals surface area (Å²) in [6, 6.07) is 1.93. The van der Waals surface area contributed by atoms with Gasteiger partial charge in [0.2, 0.25) is 5.88 Å². The van der Waals surface area contributed by atoms with Gasteiger partial charge in [0, 0.05) is 16.2 Å². The minimum absolute atomic E-state index is 0.139.